The van der Waals surface area contributed by atoms with E-state index in [1.54, 1.807) is 16.9 Å². The van der Waals surface area contributed by atoms with Gasteiger partial charge in [-0.05, 0) is 38.1 Å². The molecule has 0 aliphatic heterocycles. The van der Waals surface area contributed by atoms with Crippen molar-refractivity contribution in [3.05, 3.63) is 82.5 Å². The Morgan fingerprint density at radius 2 is 1.81 bits per heavy atom. The minimum atomic E-state index is -0.191. The maximum Gasteiger partial charge on any atom is 0.259 e. The fraction of sp³-hybridized carbons (Fsp3) is 0.100. The van der Waals surface area contributed by atoms with Crippen LogP contribution >= 0.6 is 0 Å². The lowest BCUT2D eigenvalue weighted by Crippen LogP contribution is -2.12. The summed E-state index contributed by atoms with van der Waals surface area (Å²) in [5.74, 6) is 1.06. The predicted octanol–water partition coefficient (Wildman–Crippen LogP) is 3.30. The number of hydrogen-bond acceptors (Lipinski definition) is 4. The first-order valence-electron chi connectivity index (χ1n) is 8.27. The second-order valence-corrected chi connectivity index (χ2v) is 6.08. The van der Waals surface area contributed by atoms with Crippen molar-refractivity contribution in [1.82, 2.24) is 24.7 Å². The summed E-state index contributed by atoms with van der Waals surface area (Å²) in [4.78, 5) is 24.2. The number of pyridine rings is 2. The Morgan fingerprint density at radius 3 is 2.54 bits per heavy atom. The zero-order valence-electron chi connectivity index (χ0n) is 14.5. The molecule has 0 fully saturated rings. The number of H-pyrrole nitrogens is 1. The highest BCUT2D eigenvalue weighted by atomic mass is 16.1. The van der Waals surface area contributed by atoms with Crippen LogP contribution in [0.2, 0.25) is 0 Å². The third kappa shape index (κ3) is 2.93. The molecule has 1 aromatic carbocycles. The molecule has 0 saturated heterocycles. The number of rotatable bonds is 3. The Bertz CT molecular complexity index is 1130. The van der Waals surface area contributed by atoms with Gasteiger partial charge in [0.15, 0.2) is 11.6 Å². The zero-order chi connectivity index (χ0) is 18.1. The summed E-state index contributed by atoms with van der Waals surface area (Å²) in [6.07, 6.45) is 1.72. The van der Waals surface area contributed by atoms with E-state index in [4.69, 9.17) is 0 Å². The Morgan fingerprint density at radius 1 is 1.00 bits per heavy atom. The number of nitrogens with zero attached hydrogens (tertiary/aromatic N) is 4. The average Bonchev–Trinajstić information content (AvgIpc) is 3.07. The fourth-order valence-corrected chi connectivity index (χ4v) is 2.79. The normalized spacial score (nSPS) is 10.8. The predicted molar refractivity (Wildman–Crippen MR) is 100 cm³/mol. The minimum Gasteiger partial charge on any atom is -0.326 e. The molecule has 0 bridgehead atoms. The van der Waals surface area contributed by atoms with E-state index in [0.29, 0.717) is 17.2 Å². The van der Waals surface area contributed by atoms with E-state index < -0.39 is 0 Å². The van der Waals surface area contributed by atoms with Crippen LogP contribution in [0.5, 0.6) is 0 Å². The molecule has 0 radical (unpaired) electrons. The second kappa shape index (κ2) is 6.40. The van der Waals surface area contributed by atoms with Crippen LogP contribution in [0, 0.1) is 13.8 Å². The van der Waals surface area contributed by atoms with Crippen LogP contribution in [0.4, 0.5) is 0 Å². The zero-order valence-corrected chi connectivity index (χ0v) is 14.5. The van der Waals surface area contributed by atoms with Crippen molar-refractivity contribution < 1.29 is 0 Å². The van der Waals surface area contributed by atoms with Crippen LogP contribution in [0.15, 0.2) is 65.6 Å². The quantitative estimate of drug-likeness (QED) is 0.619. The summed E-state index contributed by atoms with van der Waals surface area (Å²) < 4.78 is 1.69. The molecule has 0 unspecified atom stereocenters. The lowest BCUT2D eigenvalue weighted by Gasteiger charge is -2.06. The molecule has 26 heavy (non-hydrogen) atoms. The van der Waals surface area contributed by atoms with Gasteiger partial charge in [0.2, 0.25) is 0 Å². The maximum absolute atomic E-state index is 12.5. The van der Waals surface area contributed by atoms with Crippen molar-refractivity contribution >= 4 is 0 Å². The number of aryl methyl sites for hydroxylation is 2. The molecule has 3 aromatic heterocycles. The standard InChI is InChI=1S/C20H17N5O/c1-13-8-9-17(20(26)22-13)19-23-18(15-6-4-3-5-7-15)24-25(19)16-10-11-21-14(2)12-16/h3-12H,1-2H3,(H,22,26). The van der Waals surface area contributed by atoms with Gasteiger partial charge in [0, 0.05) is 23.1 Å². The van der Waals surface area contributed by atoms with Gasteiger partial charge in [-0.3, -0.25) is 9.78 Å². The molecule has 0 spiro atoms. The van der Waals surface area contributed by atoms with Gasteiger partial charge >= 0.3 is 0 Å². The highest BCUT2D eigenvalue weighted by Gasteiger charge is 2.17. The summed E-state index contributed by atoms with van der Waals surface area (Å²) in [7, 11) is 0. The Balaban J connectivity index is 1.97. The number of benzene rings is 1. The Labute approximate surface area is 150 Å². The van der Waals surface area contributed by atoms with Gasteiger partial charge in [-0.15, -0.1) is 5.10 Å². The van der Waals surface area contributed by atoms with Crippen molar-refractivity contribution in [2.75, 3.05) is 0 Å². The number of nitrogens with one attached hydrogen (secondary N) is 1. The number of aromatic nitrogens is 5. The first-order chi connectivity index (χ1) is 12.6. The van der Waals surface area contributed by atoms with Crippen LogP contribution in [0.3, 0.4) is 0 Å². The van der Waals surface area contributed by atoms with Crippen LogP contribution < -0.4 is 5.56 Å². The van der Waals surface area contributed by atoms with Crippen molar-refractivity contribution in [3.8, 4) is 28.5 Å². The monoisotopic (exact) mass is 343 g/mol. The van der Waals surface area contributed by atoms with Crippen molar-refractivity contribution in [3.63, 3.8) is 0 Å². The molecular weight excluding hydrogens is 326 g/mol. The first kappa shape index (κ1) is 16.0. The minimum absolute atomic E-state index is 0.191. The van der Waals surface area contributed by atoms with Gasteiger partial charge < -0.3 is 4.98 Å². The second-order valence-electron chi connectivity index (χ2n) is 6.08. The first-order valence-corrected chi connectivity index (χ1v) is 8.27. The van der Waals surface area contributed by atoms with Gasteiger partial charge in [0.25, 0.3) is 5.56 Å². The van der Waals surface area contributed by atoms with Gasteiger partial charge in [-0.1, -0.05) is 30.3 Å². The molecule has 4 rings (SSSR count). The Hall–Kier alpha value is -3.54. The summed E-state index contributed by atoms with van der Waals surface area (Å²) in [5, 5.41) is 4.66. The van der Waals surface area contributed by atoms with E-state index in [9.17, 15) is 4.79 Å². The number of hydrogen-bond donors (Lipinski definition) is 1. The molecule has 0 amide bonds. The van der Waals surface area contributed by atoms with Crippen molar-refractivity contribution in [1.29, 1.82) is 0 Å². The largest absolute Gasteiger partial charge is 0.326 e. The van der Waals surface area contributed by atoms with Crippen molar-refractivity contribution in [2.24, 2.45) is 0 Å². The lowest BCUT2D eigenvalue weighted by atomic mass is 10.2. The summed E-state index contributed by atoms with van der Waals surface area (Å²) in [5.41, 5.74) is 3.64. The topological polar surface area (TPSA) is 76.5 Å². The number of aromatic amines is 1. The fourth-order valence-electron chi connectivity index (χ4n) is 2.79. The molecule has 6 nitrogen and oxygen atoms in total. The molecule has 0 aliphatic rings. The maximum atomic E-state index is 12.5. The highest BCUT2D eigenvalue weighted by molar-refractivity contribution is 5.63. The van der Waals surface area contributed by atoms with Crippen LogP contribution in [0.25, 0.3) is 28.5 Å². The smallest absolute Gasteiger partial charge is 0.259 e. The van der Waals surface area contributed by atoms with E-state index in [0.717, 1.165) is 22.6 Å². The molecule has 1 N–H and O–H groups in total. The summed E-state index contributed by atoms with van der Waals surface area (Å²) in [6, 6.07) is 17.1. The molecule has 128 valence electrons. The summed E-state index contributed by atoms with van der Waals surface area (Å²) >= 11 is 0. The van der Waals surface area contributed by atoms with E-state index in [-0.39, 0.29) is 5.56 Å². The van der Waals surface area contributed by atoms with Crippen LogP contribution in [-0.2, 0) is 0 Å². The summed E-state index contributed by atoms with van der Waals surface area (Å²) in [6.45, 7) is 3.76. The van der Waals surface area contributed by atoms with Gasteiger partial charge in [-0.2, -0.15) is 0 Å². The molecule has 3 heterocycles. The average molecular weight is 343 g/mol. The van der Waals surface area contributed by atoms with E-state index >= 15 is 0 Å². The highest BCUT2D eigenvalue weighted by Crippen LogP contribution is 2.23. The van der Waals surface area contributed by atoms with Crippen molar-refractivity contribution in [2.45, 2.75) is 13.8 Å². The molecule has 6 heteroatoms. The SMILES string of the molecule is Cc1cc(-n2nc(-c3ccccc3)nc2-c2ccc(C)[nH]c2=O)ccn1. The van der Waals surface area contributed by atoms with Crippen LogP contribution in [0.1, 0.15) is 11.4 Å². The molecule has 0 aliphatic carbocycles. The van der Waals surface area contributed by atoms with E-state index in [2.05, 4.69) is 20.1 Å². The molecule has 0 saturated carbocycles. The lowest BCUT2D eigenvalue weighted by molar-refractivity contribution is 0.881. The molecule has 0 atom stereocenters. The van der Waals surface area contributed by atoms with Crippen LogP contribution in [-0.4, -0.2) is 24.7 Å². The van der Waals surface area contributed by atoms with Gasteiger partial charge in [-0.25, -0.2) is 9.67 Å². The van der Waals surface area contributed by atoms with Gasteiger partial charge in [0.05, 0.1) is 11.3 Å². The molecule has 4 aromatic rings. The third-order valence-corrected chi connectivity index (χ3v) is 4.06. The molecular formula is C20H17N5O. The van der Waals surface area contributed by atoms with E-state index in [1.807, 2.05) is 62.4 Å². The van der Waals surface area contributed by atoms with Gasteiger partial charge in [0.1, 0.15) is 0 Å². The third-order valence-electron chi connectivity index (χ3n) is 4.06. The Kier molecular flexibility index (Phi) is 3.93. The van der Waals surface area contributed by atoms with E-state index in [1.165, 1.54) is 0 Å².